The van der Waals surface area contributed by atoms with Crippen LogP contribution in [0.25, 0.3) is 0 Å². The summed E-state index contributed by atoms with van der Waals surface area (Å²) in [6.07, 6.45) is 3.33. The van der Waals surface area contributed by atoms with Gasteiger partial charge < -0.3 is 0 Å². The van der Waals surface area contributed by atoms with E-state index in [1.165, 1.54) is 5.56 Å². The summed E-state index contributed by atoms with van der Waals surface area (Å²) in [6, 6.07) is 10.1. The molecule has 2 heteroatoms. The molecular formula is C15H18O2. The van der Waals surface area contributed by atoms with Crippen LogP contribution >= 0.6 is 0 Å². The molecule has 2 rings (SSSR count). The normalized spacial score (nSPS) is 19.0. The number of carbonyl (C=O) groups excluding carboxylic acids is 2. The van der Waals surface area contributed by atoms with Crippen molar-refractivity contribution in [2.45, 2.75) is 39.0 Å². The van der Waals surface area contributed by atoms with Crippen LogP contribution in [0, 0.1) is 5.41 Å². The predicted octanol–water partition coefficient (Wildman–Crippen LogP) is 2.95. The summed E-state index contributed by atoms with van der Waals surface area (Å²) in [7, 11) is 0. The molecule has 0 bridgehead atoms. The van der Waals surface area contributed by atoms with Crippen LogP contribution in [0.2, 0.25) is 0 Å². The first kappa shape index (κ1) is 12.0. The molecule has 0 unspecified atom stereocenters. The van der Waals surface area contributed by atoms with E-state index in [0.717, 1.165) is 19.3 Å². The predicted molar refractivity (Wildman–Crippen MR) is 66.7 cm³/mol. The Balaban J connectivity index is 2.18. The van der Waals surface area contributed by atoms with Gasteiger partial charge in [-0.25, -0.2) is 0 Å². The van der Waals surface area contributed by atoms with Gasteiger partial charge in [0.2, 0.25) is 0 Å². The average Bonchev–Trinajstić information content (AvgIpc) is 2.33. The van der Waals surface area contributed by atoms with E-state index in [2.05, 4.69) is 12.1 Å². The highest BCUT2D eigenvalue weighted by Gasteiger charge is 2.38. The summed E-state index contributed by atoms with van der Waals surface area (Å²) < 4.78 is 0. The zero-order valence-corrected chi connectivity index (χ0v) is 10.2. The summed E-state index contributed by atoms with van der Waals surface area (Å²) in [5, 5.41) is 0. The van der Waals surface area contributed by atoms with Crippen molar-refractivity contribution in [3.63, 3.8) is 0 Å². The minimum atomic E-state index is -0.296. The largest absolute Gasteiger partial charge is 0.300 e. The fraction of sp³-hybridized carbons (Fsp3) is 0.467. The maximum atomic E-state index is 11.9. The van der Waals surface area contributed by atoms with E-state index >= 15 is 0 Å². The monoisotopic (exact) mass is 230 g/mol. The van der Waals surface area contributed by atoms with Crippen molar-refractivity contribution in [2.75, 3.05) is 0 Å². The first-order chi connectivity index (χ1) is 8.12. The number of hydrogen-bond acceptors (Lipinski definition) is 2. The third-order valence-corrected chi connectivity index (χ3v) is 3.90. The Morgan fingerprint density at radius 1 is 1.18 bits per heavy atom. The van der Waals surface area contributed by atoms with Gasteiger partial charge in [-0.1, -0.05) is 30.3 Å². The summed E-state index contributed by atoms with van der Waals surface area (Å²) in [5.74, 6) is 0.531. The Morgan fingerprint density at radius 3 is 2.29 bits per heavy atom. The van der Waals surface area contributed by atoms with Crippen molar-refractivity contribution in [1.29, 1.82) is 0 Å². The molecule has 17 heavy (non-hydrogen) atoms. The lowest BCUT2D eigenvalue weighted by molar-refractivity contribution is -0.132. The second-order valence-electron chi connectivity index (χ2n) is 5.04. The van der Waals surface area contributed by atoms with Crippen molar-refractivity contribution in [1.82, 2.24) is 0 Å². The van der Waals surface area contributed by atoms with Crippen LogP contribution in [0.15, 0.2) is 30.3 Å². The SMILES string of the molecule is CC(=O)C1(Cc2ccccc2)CCC(=O)CC1. The van der Waals surface area contributed by atoms with Gasteiger partial charge in [-0.3, -0.25) is 9.59 Å². The molecule has 0 amide bonds. The number of carbonyl (C=O) groups is 2. The van der Waals surface area contributed by atoms with Crippen molar-refractivity contribution >= 4 is 11.6 Å². The van der Waals surface area contributed by atoms with Crippen molar-refractivity contribution < 1.29 is 9.59 Å². The van der Waals surface area contributed by atoms with Gasteiger partial charge in [-0.2, -0.15) is 0 Å². The maximum absolute atomic E-state index is 11.9. The van der Waals surface area contributed by atoms with Gasteiger partial charge in [-0.15, -0.1) is 0 Å². The number of hydrogen-bond donors (Lipinski definition) is 0. The standard InChI is InChI=1S/C15H18O2/c1-12(16)15(9-7-14(17)8-10-15)11-13-5-3-2-4-6-13/h2-6H,7-11H2,1H3. The van der Waals surface area contributed by atoms with Gasteiger partial charge in [0.25, 0.3) is 0 Å². The van der Waals surface area contributed by atoms with Crippen LogP contribution in [0.5, 0.6) is 0 Å². The molecule has 1 aromatic rings. The molecule has 1 aliphatic carbocycles. The van der Waals surface area contributed by atoms with E-state index in [-0.39, 0.29) is 11.2 Å². The van der Waals surface area contributed by atoms with Gasteiger partial charge in [0.15, 0.2) is 0 Å². The lowest BCUT2D eigenvalue weighted by atomic mass is 9.68. The quantitative estimate of drug-likeness (QED) is 0.800. The summed E-state index contributed by atoms with van der Waals surface area (Å²) >= 11 is 0. The van der Waals surface area contributed by atoms with Gasteiger partial charge >= 0.3 is 0 Å². The molecule has 0 aromatic heterocycles. The van der Waals surface area contributed by atoms with E-state index < -0.39 is 0 Å². The number of ketones is 2. The minimum absolute atomic E-state index is 0.230. The Bertz CT molecular complexity index is 410. The van der Waals surface area contributed by atoms with E-state index in [1.807, 2.05) is 18.2 Å². The average molecular weight is 230 g/mol. The van der Waals surface area contributed by atoms with Crippen LogP contribution in [0.3, 0.4) is 0 Å². The highest BCUT2D eigenvalue weighted by molar-refractivity contribution is 5.87. The van der Waals surface area contributed by atoms with Crippen molar-refractivity contribution in [2.24, 2.45) is 5.41 Å². The zero-order valence-electron chi connectivity index (χ0n) is 10.2. The first-order valence-corrected chi connectivity index (χ1v) is 6.19. The van der Waals surface area contributed by atoms with Crippen molar-refractivity contribution in [3.05, 3.63) is 35.9 Å². The van der Waals surface area contributed by atoms with Crippen LogP contribution in [-0.4, -0.2) is 11.6 Å². The van der Waals surface area contributed by atoms with E-state index in [4.69, 9.17) is 0 Å². The number of Topliss-reactive ketones (excluding diaryl/α,β-unsaturated/α-hetero) is 2. The fourth-order valence-electron chi connectivity index (χ4n) is 2.65. The Kier molecular flexibility index (Phi) is 3.41. The molecule has 1 aromatic carbocycles. The van der Waals surface area contributed by atoms with Crippen molar-refractivity contribution in [3.8, 4) is 0 Å². The smallest absolute Gasteiger partial charge is 0.136 e. The number of benzene rings is 1. The Labute approximate surface area is 102 Å². The summed E-state index contributed by atoms with van der Waals surface area (Å²) in [5.41, 5.74) is 0.895. The maximum Gasteiger partial charge on any atom is 0.136 e. The molecular weight excluding hydrogens is 212 g/mol. The van der Waals surface area contributed by atoms with E-state index in [0.29, 0.717) is 18.6 Å². The second kappa shape index (κ2) is 4.82. The Morgan fingerprint density at radius 2 is 1.76 bits per heavy atom. The molecule has 0 heterocycles. The highest BCUT2D eigenvalue weighted by atomic mass is 16.1. The minimum Gasteiger partial charge on any atom is -0.300 e. The molecule has 1 saturated carbocycles. The summed E-state index contributed by atoms with van der Waals surface area (Å²) in [4.78, 5) is 23.2. The van der Waals surface area contributed by atoms with Gasteiger partial charge in [0.05, 0.1) is 0 Å². The summed E-state index contributed by atoms with van der Waals surface area (Å²) in [6.45, 7) is 1.67. The second-order valence-corrected chi connectivity index (χ2v) is 5.04. The molecule has 1 fully saturated rings. The van der Waals surface area contributed by atoms with Crippen LogP contribution in [0.4, 0.5) is 0 Å². The van der Waals surface area contributed by atoms with Crippen LogP contribution in [0.1, 0.15) is 38.2 Å². The Hall–Kier alpha value is -1.44. The van der Waals surface area contributed by atoms with Gasteiger partial charge in [0.1, 0.15) is 11.6 Å². The van der Waals surface area contributed by atoms with Crippen LogP contribution < -0.4 is 0 Å². The third kappa shape index (κ3) is 2.63. The third-order valence-electron chi connectivity index (χ3n) is 3.90. The molecule has 0 radical (unpaired) electrons. The topological polar surface area (TPSA) is 34.1 Å². The van der Waals surface area contributed by atoms with Crippen LogP contribution in [-0.2, 0) is 16.0 Å². The molecule has 0 N–H and O–H groups in total. The molecule has 2 nitrogen and oxygen atoms in total. The van der Waals surface area contributed by atoms with Gasteiger partial charge in [0, 0.05) is 18.3 Å². The molecule has 90 valence electrons. The molecule has 0 saturated heterocycles. The number of rotatable bonds is 3. The van der Waals surface area contributed by atoms with Gasteiger partial charge in [-0.05, 0) is 31.7 Å². The lowest BCUT2D eigenvalue weighted by Gasteiger charge is -2.34. The van der Waals surface area contributed by atoms with E-state index in [1.54, 1.807) is 6.92 Å². The fourth-order valence-corrected chi connectivity index (χ4v) is 2.65. The molecule has 0 spiro atoms. The molecule has 1 aliphatic rings. The lowest BCUT2D eigenvalue weighted by Crippen LogP contribution is -2.36. The zero-order chi connectivity index (χ0) is 12.3. The highest BCUT2D eigenvalue weighted by Crippen LogP contribution is 2.38. The molecule has 0 aliphatic heterocycles. The molecule has 0 atom stereocenters. The van der Waals surface area contributed by atoms with E-state index in [9.17, 15) is 9.59 Å². The first-order valence-electron chi connectivity index (χ1n) is 6.19.